The zero-order chi connectivity index (χ0) is 14.0. The van der Waals surface area contributed by atoms with Crippen LogP contribution in [0.4, 0.5) is 0 Å². The van der Waals surface area contributed by atoms with E-state index in [0.717, 1.165) is 12.3 Å². The van der Waals surface area contributed by atoms with Gasteiger partial charge >= 0.3 is 0 Å². The van der Waals surface area contributed by atoms with Crippen LogP contribution in [0.15, 0.2) is 22.0 Å². The number of rotatable bonds is 6. The van der Waals surface area contributed by atoms with Gasteiger partial charge in [0.2, 0.25) is 10.0 Å². The van der Waals surface area contributed by atoms with Crippen LogP contribution in [-0.4, -0.2) is 44.5 Å². The number of nitrogens with one attached hydrogen (secondary N) is 2. The summed E-state index contributed by atoms with van der Waals surface area (Å²) in [6.07, 6.45) is 3.50. The maximum atomic E-state index is 12.0. The average molecular weight is 306 g/mol. The zero-order valence-electron chi connectivity index (χ0n) is 10.5. The van der Waals surface area contributed by atoms with Crippen molar-refractivity contribution in [2.45, 2.75) is 23.8 Å². The normalized spacial score (nSPS) is 15.9. The van der Waals surface area contributed by atoms with Crippen molar-refractivity contribution in [1.29, 1.82) is 0 Å². The SMILES string of the molecule is CN(CCNS(=O)(=O)c1c[nH]c(=O)c(Cl)c1)C1CC1. The molecule has 106 valence electrons. The van der Waals surface area contributed by atoms with Crippen molar-refractivity contribution in [3.63, 3.8) is 0 Å². The first-order valence-electron chi connectivity index (χ1n) is 5.98. The van der Waals surface area contributed by atoms with E-state index in [4.69, 9.17) is 11.6 Å². The number of aromatic amines is 1. The van der Waals surface area contributed by atoms with Gasteiger partial charge in [0.05, 0.1) is 4.90 Å². The van der Waals surface area contributed by atoms with Gasteiger partial charge in [0.15, 0.2) is 0 Å². The van der Waals surface area contributed by atoms with Gasteiger partial charge in [-0.05, 0) is 26.0 Å². The van der Waals surface area contributed by atoms with Crippen LogP contribution in [0.5, 0.6) is 0 Å². The lowest BCUT2D eigenvalue weighted by Gasteiger charge is -2.15. The number of halogens is 1. The maximum absolute atomic E-state index is 12.0. The number of sulfonamides is 1. The van der Waals surface area contributed by atoms with Crippen molar-refractivity contribution in [2.75, 3.05) is 20.1 Å². The number of pyridine rings is 1. The van der Waals surface area contributed by atoms with Crippen LogP contribution in [0, 0.1) is 0 Å². The fraction of sp³-hybridized carbons (Fsp3) is 0.545. The first-order valence-corrected chi connectivity index (χ1v) is 7.84. The molecule has 0 spiro atoms. The van der Waals surface area contributed by atoms with Crippen LogP contribution < -0.4 is 10.3 Å². The zero-order valence-corrected chi connectivity index (χ0v) is 12.1. The molecule has 8 heteroatoms. The van der Waals surface area contributed by atoms with Gasteiger partial charge in [-0.25, -0.2) is 13.1 Å². The van der Waals surface area contributed by atoms with Gasteiger partial charge in [-0.15, -0.1) is 0 Å². The summed E-state index contributed by atoms with van der Waals surface area (Å²) in [7, 11) is -1.66. The largest absolute Gasteiger partial charge is 0.326 e. The van der Waals surface area contributed by atoms with Gasteiger partial charge in [0.25, 0.3) is 5.56 Å². The second-order valence-electron chi connectivity index (χ2n) is 4.62. The molecule has 0 aliphatic heterocycles. The van der Waals surface area contributed by atoms with E-state index in [9.17, 15) is 13.2 Å². The van der Waals surface area contributed by atoms with Gasteiger partial charge in [0, 0.05) is 25.3 Å². The molecular weight excluding hydrogens is 290 g/mol. The Bertz CT molecular complexity index is 610. The third-order valence-corrected chi connectivity index (χ3v) is 4.79. The minimum Gasteiger partial charge on any atom is -0.326 e. The monoisotopic (exact) mass is 305 g/mol. The van der Waals surface area contributed by atoms with Crippen molar-refractivity contribution in [3.05, 3.63) is 27.6 Å². The summed E-state index contributed by atoms with van der Waals surface area (Å²) < 4.78 is 26.4. The highest BCUT2D eigenvalue weighted by atomic mass is 35.5. The second-order valence-corrected chi connectivity index (χ2v) is 6.80. The fourth-order valence-corrected chi connectivity index (χ4v) is 2.98. The van der Waals surface area contributed by atoms with E-state index in [0.29, 0.717) is 19.1 Å². The molecule has 6 nitrogen and oxygen atoms in total. The van der Waals surface area contributed by atoms with Crippen molar-refractivity contribution in [2.24, 2.45) is 0 Å². The molecule has 0 amide bonds. The Kier molecular flexibility index (Phi) is 4.29. The van der Waals surface area contributed by atoms with Gasteiger partial charge in [0.1, 0.15) is 5.02 Å². The third kappa shape index (κ3) is 3.79. The Balaban J connectivity index is 1.97. The molecule has 1 saturated carbocycles. The molecule has 0 saturated heterocycles. The fourth-order valence-electron chi connectivity index (χ4n) is 1.73. The molecule has 0 atom stereocenters. The van der Waals surface area contributed by atoms with Crippen LogP contribution >= 0.6 is 11.6 Å². The Morgan fingerprint density at radius 3 is 2.79 bits per heavy atom. The molecule has 1 aliphatic rings. The van der Waals surface area contributed by atoms with Crippen LogP contribution in [0.1, 0.15) is 12.8 Å². The van der Waals surface area contributed by atoms with E-state index in [-0.39, 0.29) is 9.92 Å². The van der Waals surface area contributed by atoms with Gasteiger partial charge < -0.3 is 9.88 Å². The first kappa shape index (κ1) is 14.5. The summed E-state index contributed by atoms with van der Waals surface area (Å²) in [4.78, 5) is 15.5. The average Bonchev–Trinajstić information content (AvgIpc) is 3.16. The Labute approximate surface area is 116 Å². The number of aromatic nitrogens is 1. The lowest BCUT2D eigenvalue weighted by Crippen LogP contribution is -2.34. The van der Waals surface area contributed by atoms with Crippen LogP contribution in [0.2, 0.25) is 5.02 Å². The van der Waals surface area contributed by atoms with E-state index in [1.165, 1.54) is 12.8 Å². The van der Waals surface area contributed by atoms with Crippen LogP contribution in [0.3, 0.4) is 0 Å². The summed E-state index contributed by atoms with van der Waals surface area (Å²) in [6.45, 7) is 0.979. The van der Waals surface area contributed by atoms with E-state index < -0.39 is 15.6 Å². The predicted molar refractivity (Wildman–Crippen MR) is 72.9 cm³/mol. The third-order valence-electron chi connectivity index (χ3n) is 3.07. The molecule has 2 rings (SSSR count). The molecule has 2 N–H and O–H groups in total. The molecule has 1 aromatic heterocycles. The minimum absolute atomic E-state index is 0.0359. The summed E-state index contributed by atoms with van der Waals surface area (Å²) in [5.74, 6) is 0. The number of hydrogen-bond acceptors (Lipinski definition) is 4. The predicted octanol–water partition coefficient (Wildman–Crippen LogP) is 0.401. The summed E-state index contributed by atoms with van der Waals surface area (Å²) in [5, 5.41) is -0.141. The molecule has 19 heavy (non-hydrogen) atoms. The molecule has 0 unspecified atom stereocenters. The number of likely N-dealkylation sites (N-methyl/N-ethyl adjacent to an activating group) is 1. The molecule has 0 bridgehead atoms. The minimum atomic E-state index is -3.63. The number of hydrogen-bond donors (Lipinski definition) is 2. The van der Waals surface area contributed by atoms with Crippen LogP contribution in [0.25, 0.3) is 0 Å². The molecule has 1 aromatic rings. The lowest BCUT2D eigenvalue weighted by atomic mass is 10.5. The summed E-state index contributed by atoms with van der Waals surface area (Å²) in [6, 6.07) is 1.74. The number of nitrogens with zero attached hydrogens (tertiary/aromatic N) is 1. The van der Waals surface area contributed by atoms with E-state index >= 15 is 0 Å². The molecule has 0 aromatic carbocycles. The molecule has 1 aliphatic carbocycles. The first-order chi connectivity index (χ1) is 8.90. The molecular formula is C11H16ClN3O3S. The van der Waals surface area contributed by atoms with Crippen molar-refractivity contribution in [3.8, 4) is 0 Å². The topological polar surface area (TPSA) is 82.3 Å². The van der Waals surface area contributed by atoms with Crippen molar-refractivity contribution in [1.82, 2.24) is 14.6 Å². The summed E-state index contributed by atoms with van der Waals surface area (Å²) >= 11 is 5.61. The summed E-state index contributed by atoms with van der Waals surface area (Å²) in [5.41, 5.74) is -0.505. The van der Waals surface area contributed by atoms with Crippen molar-refractivity contribution < 1.29 is 8.42 Å². The van der Waals surface area contributed by atoms with Crippen molar-refractivity contribution >= 4 is 21.6 Å². The standard InChI is InChI=1S/C11H16ClN3O3S/c1-15(8-2-3-8)5-4-14-19(17,18)9-6-10(12)11(16)13-7-9/h6-8,14H,2-5H2,1H3,(H,13,16). The quantitative estimate of drug-likeness (QED) is 0.797. The molecule has 1 heterocycles. The van der Waals surface area contributed by atoms with E-state index in [1.807, 2.05) is 7.05 Å². The highest BCUT2D eigenvalue weighted by molar-refractivity contribution is 7.89. The van der Waals surface area contributed by atoms with E-state index in [1.54, 1.807) is 0 Å². The number of H-pyrrole nitrogens is 1. The van der Waals surface area contributed by atoms with Crippen LogP contribution in [-0.2, 0) is 10.0 Å². The molecule has 1 fully saturated rings. The highest BCUT2D eigenvalue weighted by Crippen LogP contribution is 2.24. The second kappa shape index (κ2) is 5.62. The van der Waals surface area contributed by atoms with E-state index in [2.05, 4.69) is 14.6 Å². The van der Waals surface area contributed by atoms with Gasteiger partial charge in [-0.1, -0.05) is 11.6 Å². The van der Waals surface area contributed by atoms with Gasteiger partial charge in [-0.3, -0.25) is 4.79 Å². The Morgan fingerprint density at radius 2 is 2.21 bits per heavy atom. The highest BCUT2D eigenvalue weighted by Gasteiger charge is 2.26. The Morgan fingerprint density at radius 1 is 1.53 bits per heavy atom. The molecule has 0 radical (unpaired) electrons. The smallest absolute Gasteiger partial charge is 0.266 e. The Hall–Kier alpha value is -0.890. The lowest BCUT2D eigenvalue weighted by molar-refractivity contribution is 0.329. The van der Waals surface area contributed by atoms with Gasteiger partial charge in [-0.2, -0.15) is 0 Å². The maximum Gasteiger partial charge on any atom is 0.266 e.